The number of rotatable bonds is 4. The largest absolute Gasteiger partial charge is 0.478 e. The summed E-state index contributed by atoms with van der Waals surface area (Å²) < 4.78 is 1.93. The van der Waals surface area contributed by atoms with Gasteiger partial charge in [0.25, 0.3) is 5.56 Å². The summed E-state index contributed by atoms with van der Waals surface area (Å²) in [6, 6.07) is 6.15. The van der Waals surface area contributed by atoms with E-state index in [2.05, 4.69) is 34.9 Å². The number of hydrogen-bond donors (Lipinski definition) is 2. The molecular formula is C14H15BrN2O3. The molecule has 2 N–H and O–H groups in total. The molecule has 0 bridgehead atoms. The monoisotopic (exact) mass is 338 g/mol. The number of carboxylic acids is 1. The number of carbonyl (C=O) groups is 1. The average molecular weight is 339 g/mol. The topological polar surface area (TPSA) is 75.1 Å². The van der Waals surface area contributed by atoms with Crippen molar-refractivity contribution in [2.24, 2.45) is 5.92 Å². The first-order chi connectivity index (χ1) is 9.40. The second-order valence-corrected chi connectivity index (χ2v) is 5.79. The van der Waals surface area contributed by atoms with Crippen LogP contribution >= 0.6 is 15.9 Å². The first-order valence-electron chi connectivity index (χ1n) is 6.23. The van der Waals surface area contributed by atoms with Crippen LogP contribution in [0.25, 0.3) is 5.69 Å². The highest BCUT2D eigenvalue weighted by molar-refractivity contribution is 9.10. The van der Waals surface area contributed by atoms with E-state index >= 15 is 0 Å². The molecular weight excluding hydrogens is 324 g/mol. The Kier molecular flexibility index (Phi) is 4.13. The van der Waals surface area contributed by atoms with Crippen LogP contribution < -0.4 is 5.56 Å². The molecule has 106 valence electrons. The fraction of sp³-hybridized carbons (Fsp3) is 0.286. The van der Waals surface area contributed by atoms with E-state index in [1.807, 2.05) is 0 Å². The Morgan fingerprint density at radius 1 is 1.35 bits per heavy atom. The Morgan fingerprint density at radius 3 is 2.45 bits per heavy atom. The first kappa shape index (κ1) is 14.6. The second kappa shape index (κ2) is 5.66. The molecule has 1 heterocycles. The summed E-state index contributed by atoms with van der Waals surface area (Å²) >= 11 is 3.31. The fourth-order valence-electron chi connectivity index (χ4n) is 1.94. The summed E-state index contributed by atoms with van der Waals surface area (Å²) in [5, 5.41) is 11.9. The molecule has 0 saturated heterocycles. The second-order valence-electron chi connectivity index (χ2n) is 4.99. The van der Waals surface area contributed by atoms with E-state index in [-0.39, 0.29) is 11.1 Å². The van der Waals surface area contributed by atoms with Crippen LogP contribution in [-0.2, 0) is 6.42 Å². The van der Waals surface area contributed by atoms with E-state index < -0.39 is 5.97 Å². The lowest BCUT2D eigenvalue weighted by Gasteiger charge is -2.04. The van der Waals surface area contributed by atoms with Crippen LogP contribution in [-0.4, -0.2) is 20.9 Å². The zero-order valence-electron chi connectivity index (χ0n) is 11.2. The number of nitrogens with zero attached hydrogens (tertiary/aromatic N) is 1. The van der Waals surface area contributed by atoms with Gasteiger partial charge < -0.3 is 5.11 Å². The molecule has 1 aromatic heterocycles. The van der Waals surface area contributed by atoms with Gasteiger partial charge in [-0.1, -0.05) is 13.8 Å². The van der Waals surface area contributed by atoms with Crippen LogP contribution in [0.2, 0.25) is 0 Å². The quantitative estimate of drug-likeness (QED) is 0.899. The van der Waals surface area contributed by atoms with Gasteiger partial charge in [0.15, 0.2) is 0 Å². The molecule has 0 amide bonds. The number of H-pyrrole nitrogens is 1. The summed E-state index contributed by atoms with van der Waals surface area (Å²) in [5.41, 5.74) is 1.46. The third kappa shape index (κ3) is 2.85. The van der Waals surface area contributed by atoms with Crippen molar-refractivity contribution in [3.8, 4) is 5.69 Å². The molecule has 6 heteroatoms. The predicted molar refractivity (Wildman–Crippen MR) is 79.6 cm³/mol. The van der Waals surface area contributed by atoms with Gasteiger partial charge in [-0.3, -0.25) is 9.89 Å². The molecule has 0 saturated carbocycles. The lowest BCUT2D eigenvalue weighted by Crippen LogP contribution is -2.14. The van der Waals surface area contributed by atoms with E-state index in [0.29, 0.717) is 16.1 Å². The molecule has 0 unspecified atom stereocenters. The summed E-state index contributed by atoms with van der Waals surface area (Å²) in [6.45, 7) is 4.15. The number of halogens is 1. The van der Waals surface area contributed by atoms with Gasteiger partial charge >= 0.3 is 5.97 Å². The molecule has 0 aliphatic carbocycles. The van der Waals surface area contributed by atoms with Crippen LogP contribution in [0.3, 0.4) is 0 Å². The molecule has 2 rings (SSSR count). The zero-order chi connectivity index (χ0) is 14.9. The van der Waals surface area contributed by atoms with Crippen LogP contribution in [0.5, 0.6) is 0 Å². The molecule has 0 fully saturated rings. The van der Waals surface area contributed by atoms with Crippen LogP contribution in [0.1, 0.15) is 29.9 Å². The van der Waals surface area contributed by atoms with Gasteiger partial charge in [-0.2, -0.15) is 0 Å². The van der Waals surface area contributed by atoms with E-state index in [9.17, 15) is 9.59 Å². The normalized spacial score (nSPS) is 11.0. The van der Waals surface area contributed by atoms with Crippen molar-refractivity contribution in [1.29, 1.82) is 0 Å². The van der Waals surface area contributed by atoms with Crippen molar-refractivity contribution in [1.82, 2.24) is 9.78 Å². The number of carboxylic acid groups (broad SMARTS) is 1. The molecule has 0 atom stereocenters. The molecule has 0 radical (unpaired) electrons. The Morgan fingerprint density at radius 2 is 1.95 bits per heavy atom. The predicted octanol–water partition coefficient (Wildman–Crippen LogP) is 2.82. The molecule has 0 aliphatic heterocycles. The maximum absolute atomic E-state index is 12.2. The van der Waals surface area contributed by atoms with Crippen molar-refractivity contribution >= 4 is 21.9 Å². The van der Waals surface area contributed by atoms with Crippen molar-refractivity contribution in [2.45, 2.75) is 20.3 Å². The van der Waals surface area contributed by atoms with Gasteiger partial charge in [-0.05, 0) is 52.5 Å². The number of hydrogen-bond acceptors (Lipinski definition) is 2. The minimum absolute atomic E-state index is 0.177. The summed E-state index contributed by atoms with van der Waals surface area (Å²) in [7, 11) is 0. The number of aromatic nitrogens is 2. The van der Waals surface area contributed by atoms with Crippen molar-refractivity contribution in [2.75, 3.05) is 0 Å². The van der Waals surface area contributed by atoms with Gasteiger partial charge in [0.1, 0.15) is 4.47 Å². The minimum Gasteiger partial charge on any atom is -0.478 e. The Bertz CT molecular complexity index is 683. The van der Waals surface area contributed by atoms with E-state index in [1.54, 1.807) is 12.1 Å². The lowest BCUT2D eigenvalue weighted by atomic mass is 10.1. The lowest BCUT2D eigenvalue weighted by molar-refractivity contribution is 0.0697. The molecule has 1 aromatic carbocycles. The molecule has 0 spiro atoms. The third-order valence-corrected chi connectivity index (χ3v) is 3.71. The Labute approximate surface area is 124 Å². The number of benzene rings is 1. The molecule has 20 heavy (non-hydrogen) atoms. The maximum atomic E-state index is 12.2. The van der Waals surface area contributed by atoms with Crippen molar-refractivity contribution < 1.29 is 9.90 Å². The summed E-state index contributed by atoms with van der Waals surface area (Å²) in [5.74, 6) is -0.566. The minimum atomic E-state index is -0.989. The summed E-state index contributed by atoms with van der Waals surface area (Å²) in [6.07, 6.45) is 0.760. The van der Waals surface area contributed by atoms with Gasteiger partial charge in [-0.15, -0.1) is 0 Å². The molecule has 2 aromatic rings. The smallest absolute Gasteiger partial charge is 0.335 e. The standard InChI is InChI=1S/C14H15BrN2O3/c1-8(2)7-11-12(15)13(18)17(16-11)10-5-3-9(4-6-10)14(19)20/h3-6,8,16H,7H2,1-2H3,(H,19,20). The third-order valence-electron chi connectivity index (χ3n) is 2.89. The van der Waals surface area contributed by atoms with Crippen molar-refractivity contribution in [3.63, 3.8) is 0 Å². The van der Waals surface area contributed by atoms with Gasteiger partial charge in [-0.25, -0.2) is 9.48 Å². The van der Waals surface area contributed by atoms with Crippen LogP contribution in [0.4, 0.5) is 0 Å². The SMILES string of the molecule is CC(C)Cc1[nH]n(-c2ccc(C(=O)O)cc2)c(=O)c1Br. The highest BCUT2D eigenvalue weighted by atomic mass is 79.9. The van der Waals surface area contributed by atoms with E-state index in [1.165, 1.54) is 16.8 Å². The highest BCUT2D eigenvalue weighted by Crippen LogP contribution is 2.16. The number of nitrogens with one attached hydrogen (secondary N) is 1. The highest BCUT2D eigenvalue weighted by Gasteiger charge is 2.14. The molecule has 5 nitrogen and oxygen atoms in total. The van der Waals surface area contributed by atoms with Gasteiger partial charge in [0.2, 0.25) is 0 Å². The number of aromatic carboxylic acids is 1. The Hall–Kier alpha value is -1.82. The van der Waals surface area contributed by atoms with Gasteiger partial charge in [0.05, 0.1) is 16.9 Å². The zero-order valence-corrected chi connectivity index (χ0v) is 12.8. The first-order valence-corrected chi connectivity index (χ1v) is 7.02. The maximum Gasteiger partial charge on any atom is 0.335 e. The molecule has 0 aliphatic rings. The fourth-order valence-corrected chi connectivity index (χ4v) is 2.37. The average Bonchev–Trinajstić information content (AvgIpc) is 2.67. The van der Waals surface area contributed by atoms with E-state index in [4.69, 9.17) is 5.11 Å². The van der Waals surface area contributed by atoms with Gasteiger partial charge in [0, 0.05) is 0 Å². The number of aromatic amines is 1. The summed E-state index contributed by atoms with van der Waals surface area (Å²) in [4.78, 5) is 23.0. The van der Waals surface area contributed by atoms with E-state index in [0.717, 1.165) is 12.1 Å². The van der Waals surface area contributed by atoms with Crippen LogP contribution in [0.15, 0.2) is 33.5 Å². The Balaban J connectivity index is 2.42. The van der Waals surface area contributed by atoms with Crippen molar-refractivity contribution in [3.05, 3.63) is 50.3 Å². The van der Waals surface area contributed by atoms with Crippen LogP contribution in [0, 0.1) is 5.92 Å².